The lowest BCUT2D eigenvalue weighted by atomic mass is 10.5. The number of nitrogens with zero attached hydrogens (tertiary/aromatic N) is 3. The van der Waals surface area contributed by atoms with Gasteiger partial charge in [0.05, 0.1) is 0 Å². The monoisotopic (exact) mass is 167 g/mol. The largest absolute Gasteiger partial charge is 0.354 e. The van der Waals surface area contributed by atoms with E-state index in [1.807, 2.05) is 11.9 Å². The van der Waals surface area contributed by atoms with Gasteiger partial charge in [0, 0.05) is 44.9 Å². The first-order chi connectivity index (χ1) is 5.68. The highest BCUT2D eigenvalue weighted by molar-refractivity contribution is 4.99. The molecular formula is C9H17N3. The summed E-state index contributed by atoms with van der Waals surface area (Å²) >= 11 is 0. The van der Waals surface area contributed by atoms with Gasteiger partial charge in [-0.2, -0.15) is 0 Å². The van der Waals surface area contributed by atoms with Crippen LogP contribution in [0.5, 0.6) is 0 Å². The molecule has 0 aromatic heterocycles. The predicted octanol–water partition coefficient (Wildman–Crippen LogP) is 0.738. The van der Waals surface area contributed by atoms with Gasteiger partial charge in [0.2, 0.25) is 0 Å². The average Bonchev–Trinajstić information content (AvgIpc) is 2.03. The SMILES string of the molecule is CN1C=CN(CCN(C)C)C=C1. The fourth-order valence-electron chi connectivity index (χ4n) is 0.945. The molecule has 1 heterocycles. The van der Waals surface area contributed by atoms with Crippen molar-refractivity contribution >= 4 is 0 Å². The van der Waals surface area contributed by atoms with Crippen molar-refractivity contribution in [1.82, 2.24) is 14.7 Å². The molecule has 1 aliphatic heterocycles. The maximum atomic E-state index is 2.18. The smallest absolute Gasteiger partial charge is 0.0348 e. The molecule has 0 saturated heterocycles. The Bertz CT molecular complexity index is 170. The van der Waals surface area contributed by atoms with Gasteiger partial charge in [-0.05, 0) is 14.1 Å². The van der Waals surface area contributed by atoms with E-state index in [9.17, 15) is 0 Å². The Morgan fingerprint density at radius 3 is 2.17 bits per heavy atom. The molecule has 0 aromatic carbocycles. The zero-order valence-electron chi connectivity index (χ0n) is 8.07. The standard InChI is InChI=1S/C9H17N3/c1-10(2)4-7-12-8-5-11(3)6-9-12/h5-6,8-9H,4,7H2,1-3H3. The molecule has 0 atom stereocenters. The van der Waals surface area contributed by atoms with E-state index in [1.165, 1.54) is 0 Å². The Labute approximate surface area is 74.6 Å². The molecule has 0 fully saturated rings. The Hall–Kier alpha value is -0.960. The van der Waals surface area contributed by atoms with Crippen LogP contribution in [0.4, 0.5) is 0 Å². The van der Waals surface area contributed by atoms with Crippen molar-refractivity contribution in [3.05, 3.63) is 24.8 Å². The van der Waals surface area contributed by atoms with Crippen molar-refractivity contribution in [2.45, 2.75) is 0 Å². The van der Waals surface area contributed by atoms with Crippen molar-refractivity contribution in [2.75, 3.05) is 34.2 Å². The van der Waals surface area contributed by atoms with Gasteiger partial charge in [0.25, 0.3) is 0 Å². The Morgan fingerprint density at radius 1 is 1.08 bits per heavy atom. The third-order valence-electron chi connectivity index (χ3n) is 1.79. The summed E-state index contributed by atoms with van der Waals surface area (Å²) in [4.78, 5) is 6.40. The van der Waals surface area contributed by atoms with Crippen molar-refractivity contribution in [3.8, 4) is 0 Å². The van der Waals surface area contributed by atoms with Crippen molar-refractivity contribution < 1.29 is 0 Å². The van der Waals surface area contributed by atoms with E-state index in [0.717, 1.165) is 13.1 Å². The molecule has 0 saturated carbocycles. The van der Waals surface area contributed by atoms with Crippen LogP contribution in [-0.4, -0.2) is 48.9 Å². The fraction of sp³-hybridized carbons (Fsp3) is 0.556. The summed E-state index contributed by atoms with van der Waals surface area (Å²) < 4.78 is 0. The summed E-state index contributed by atoms with van der Waals surface area (Å²) in [7, 11) is 6.20. The maximum absolute atomic E-state index is 2.18. The summed E-state index contributed by atoms with van der Waals surface area (Å²) in [6.07, 6.45) is 8.28. The van der Waals surface area contributed by atoms with Gasteiger partial charge in [0.1, 0.15) is 0 Å². The van der Waals surface area contributed by atoms with E-state index in [-0.39, 0.29) is 0 Å². The molecule has 0 bridgehead atoms. The molecule has 1 rings (SSSR count). The van der Waals surface area contributed by atoms with Crippen LogP contribution in [0.15, 0.2) is 24.8 Å². The minimum absolute atomic E-state index is 1.05. The zero-order chi connectivity index (χ0) is 8.97. The Balaban J connectivity index is 2.26. The highest BCUT2D eigenvalue weighted by Gasteiger charge is 1.99. The van der Waals surface area contributed by atoms with Crippen molar-refractivity contribution in [2.24, 2.45) is 0 Å². The molecule has 0 N–H and O–H groups in total. The number of hydrogen-bond donors (Lipinski definition) is 0. The molecule has 68 valence electrons. The summed E-state index contributed by atoms with van der Waals surface area (Å²) in [5, 5.41) is 0. The van der Waals surface area contributed by atoms with Crippen molar-refractivity contribution in [1.29, 1.82) is 0 Å². The first-order valence-electron chi connectivity index (χ1n) is 4.17. The third-order valence-corrected chi connectivity index (χ3v) is 1.79. The molecular weight excluding hydrogens is 150 g/mol. The van der Waals surface area contributed by atoms with Crippen LogP contribution in [0.25, 0.3) is 0 Å². The second kappa shape index (κ2) is 4.16. The first kappa shape index (κ1) is 9.13. The van der Waals surface area contributed by atoms with Gasteiger partial charge < -0.3 is 14.7 Å². The van der Waals surface area contributed by atoms with Crippen LogP contribution < -0.4 is 0 Å². The lowest BCUT2D eigenvalue weighted by Gasteiger charge is -2.23. The number of rotatable bonds is 3. The quantitative estimate of drug-likeness (QED) is 0.614. The van der Waals surface area contributed by atoms with Crippen LogP contribution in [0, 0.1) is 0 Å². The summed E-state index contributed by atoms with van der Waals surface area (Å²) in [6.45, 7) is 2.13. The molecule has 3 heteroatoms. The zero-order valence-corrected chi connectivity index (χ0v) is 8.07. The number of hydrogen-bond acceptors (Lipinski definition) is 3. The molecule has 0 radical (unpaired) electrons. The van der Waals surface area contributed by atoms with Crippen LogP contribution in [0.3, 0.4) is 0 Å². The van der Waals surface area contributed by atoms with Crippen LogP contribution >= 0.6 is 0 Å². The summed E-state index contributed by atoms with van der Waals surface area (Å²) in [5.41, 5.74) is 0. The highest BCUT2D eigenvalue weighted by atomic mass is 15.2. The predicted molar refractivity (Wildman–Crippen MR) is 51.3 cm³/mol. The van der Waals surface area contributed by atoms with E-state index >= 15 is 0 Å². The third kappa shape index (κ3) is 2.96. The van der Waals surface area contributed by atoms with E-state index in [2.05, 4.69) is 48.7 Å². The van der Waals surface area contributed by atoms with Crippen LogP contribution in [0.2, 0.25) is 0 Å². The Kier molecular flexibility index (Phi) is 3.17. The molecule has 1 aliphatic rings. The van der Waals surface area contributed by atoms with E-state index < -0.39 is 0 Å². The lowest BCUT2D eigenvalue weighted by Crippen LogP contribution is -2.26. The normalized spacial score (nSPS) is 16.3. The average molecular weight is 167 g/mol. The molecule has 0 aliphatic carbocycles. The van der Waals surface area contributed by atoms with Crippen LogP contribution in [0.1, 0.15) is 0 Å². The van der Waals surface area contributed by atoms with Gasteiger partial charge in [-0.25, -0.2) is 0 Å². The minimum atomic E-state index is 1.05. The van der Waals surface area contributed by atoms with Gasteiger partial charge in [-0.15, -0.1) is 0 Å². The molecule has 0 unspecified atom stereocenters. The first-order valence-corrected chi connectivity index (χ1v) is 4.17. The molecule has 3 nitrogen and oxygen atoms in total. The molecule has 12 heavy (non-hydrogen) atoms. The van der Waals surface area contributed by atoms with Crippen LogP contribution in [-0.2, 0) is 0 Å². The molecule has 0 aromatic rings. The van der Waals surface area contributed by atoms with Gasteiger partial charge in [-0.1, -0.05) is 0 Å². The van der Waals surface area contributed by atoms with Crippen molar-refractivity contribution in [3.63, 3.8) is 0 Å². The topological polar surface area (TPSA) is 9.72 Å². The van der Waals surface area contributed by atoms with Gasteiger partial charge in [-0.3, -0.25) is 0 Å². The summed E-state index contributed by atoms with van der Waals surface area (Å²) in [5.74, 6) is 0. The number of likely N-dealkylation sites (N-methyl/N-ethyl adjacent to an activating group) is 1. The maximum Gasteiger partial charge on any atom is 0.0348 e. The minimum Gasteiger partial charge on any atom is -0.354 e. The van der Waals surface area contributed by atoms with E-state index in [0.29, 0.717) is 0 Å². The lowest BCUT2D eigenvalue weighted by molar-refractivity contribution is 0.347. The second-order valence-electron chi connectivity index (χ2n) is 3.30. The second-order valence-corrected chi connectivity index (χ2v) is 3.30. The fourth-order valence-corrected chi connectivity index (χ4v) is 0.945. The summed E-state index contributed by atoms with van der Waals surface area (Å²) in [6, 6.07) is 0. The highest BCUT2D eigenvalue weighted by Crippen LogP contribution is 2.01. The Morgan fingerprint density at radius 2 is 1.67 bits per heavy atom. The van der Waals surface area contributed by atoms with E-state index in [1.54, 1.807) is 0 Å². The van der Waals surface area contributed by atoms with E-state index in [4.69, 9.17) is 0 Å². The molecule has 0 spiro atoms. The van der Waals surface area contributed by atoms with Gasteiger partial charge in [0.15, 0.2) is 0 Å². The molecule has 0 amide bonds. The van der Waals surface area contributed by atoms with Gasteiger partial charge >= 0.3 is 0 Å².